The van der Waals surface area contributed by atoms with Crippen LogP contribution in [0.15, 0.2) is 11.0 Å². The predicted molar refractivity (Wildman–Crippen MR) is 72.9 cm³/mol. The first-order chi connectivity index (χ1) is 8.09. The maximum Gasteiger partial charge on any atom is 0.267 e. The van der Waals surface area contributed by atoms with E-state index in [0.29, 0.717) is 9.39 Å². The first-order valence-electron chi connectivity index (χ1n) is 5.84. The third kappa shape index (κ3) is 2.75. The minimum Gasteiger partial charge on any atom is -0.297 e. The summed E-state index contributed by atoms with van der Waals surface area (Å²) < 4.78 is 2.05. The molecule has 5 heteroatoms. The number of Topliss-reactive ketones (excluding diaryl/α,β-unsaturated/α-hetero) is 1. The lowest BCUT2D eigenvalue weighted by Crippen LogP contribution is -2.30. The Morgan fingerprint density at radius 1 is 1.53 bits per heavy atom. The Kier molecular flexibility index (Phi) is 3.96. The van der Waals surface area contributed by atoms with Crippen LogP contribution in [0.1, 0.15) is 31.5 Å². The van der Waals surface area contributed by atoms with Crippen molar-refractivity contribution >= 4 is 28.4 Å². The van der Waals surface area contributed by atoms with Gasteiger partial charge in [0.25, 0.3) is 5.56 Å². The highest BCUT2D eigenvalue weighted by atomic mass is 127. The van der Waals surface area contributed by atoms with Gasteiger partial charge in [-0.2, -0.15) is 0 Å². The summed E-state index contributed by atoms with van der Waals surface area (Å²) in [6.07, 6.45) is 5.77. The van der Waals surface area contributed by atoms with E-state index in [0.717, 1.165) is 25.7 Å². The molecule has 1 aliphatic rings. The van der Waals surface area contributed by atoms with Crippen molar-refractivity contribution in [1.29, 1.82) is 0 Å². The molecule has 0 radical (unpaired) electrons. The number of aryl methyl sites for hydroxylation is 1. The van der Waals surface area contributed by atoms with E-state index in [9.17, 15) is 9.59 Å². The first-order valence-corrected chi connectivity index (χ1v) is 6.92. The van der Waals surface area contributed by atoms with Crippen LogP contribution in [-0.2, 0) is 11.3 Å². The Balaban J connectivity index is 2.21. The monoisotopic (exact) mass is 346 g/mol. The van der Waals surface area contributed by atoms with Gasteiger partial charge in [0.05, 0.1) is 10.1 Å². The van der Waals surface area contributed by atoms with Crippen LogP contribution in [0.25, 0.3) is 0 Å². The predicted octanol–water partition coefficient (Wildman–Crippen LogP) is 1.92. The highest BCUT2D eigenvalue weighted by Crippen LogP contribution is 2.25. The van der Waals surface area contributed by atoms with E-state index in [4.69, 9.17) is 0 Å². The second kappa shape index (κ2) is 5.29. The largest absolute Gasteiger partial charge is 0.297 e. The molecule has 0 bridgehead atoms. The van der Waals surface area contributed by atoms with Crippen LogP contribution in [0.3, 0.4) is 0 Å². The molecule has 1 aromatic heterocycles. The topological polar surface area (TPSA) is 52.0 Å². The molecule has 0 aliphatic heterocycles. The van der Waals surface area contributed by atoms with Crippen LogP contribution in [-0.4, -0.2) is 15.3 Å². The first kappa shape index (κ1) is 12.7. The molecule has 1 aliphatic carbocycles. The highest BCUT2D eigenvalue weighted by Gasteiger charge is 2.23. The van der Waals surface area contributed by atoms with Crippen molar-refractivity contribution in [3.05, 3.63) is 25.9 Å². The molecule has 0 unspecified atom stereocenters. The number of rotatable bonds is 3. The van der Waals surface area contributed by atoms with Gasteiger partial charge < -0.3 is 0 Å². The number of hydrogen-bond donors (Lipinski definition) is 0. The van der Waals surface area contributed by atoms with Crippen molar-refractivity contribution in [3.63, 3.8) is 0 Å². The Labute approximate surface area is 114 Å². The molecule has 0 atom stereocenters. The lowest BCUT2D eigenvalue weighted by molar-refractivity contribution is -0.123. The van der Waals surface area contributed by atoms with Gasteiger partial charge in [-0.3, -0.25) is 14.2 Å². The molecule has 1 fully saturated rings. The van der Waals surface area contributed by atoms with Crippen molar-refractivity contribution in [2.24, 2.45) is 5.92 Å². The van der Waals surface area contributed by atoms with Gasteiger partial charge in [0.2, 0.25) is 0 Å². The number of carbonyl (C=O) groups excluding carboxylic acids is 1. The van der Waals surface area contributed by atoms with Gasteiger partial charge in [-0.1, -0.05) is 12.8 Å². The number of hydrogen-bond acceptors (Lipinski definition) is 3. The molecule has 0 spiro atoms. The second-order valence-corrected chi connectivity index (χ2v) is 5.65. The molecule has 1 aromatic rings. The normalized spacial score (nSPS) is 16.4. The average Bonchev–Trinajstić information content (AvgIpc) is 2.83. The molecule has 2 rings (SSSR count). The summed E-state index contributed by atoms with van der Waals surface area (Å²) in [6, 6.07) is 0. The number of carbonyl (C=O) groups is 1. The number of aromatic nitrogens is 2. The fourth-order valence-corrected chi connectivity index (χ4v) is 2.70. The molecule has 0 aromatic carbocycles. The molecule has 17 heavy (non-hydrogen) atoms. The fourth-order valence-electron chi connectivity index (χ4n) is 2.27. The molecular weight excluding hydrogens is 331 g/mol. The Morgan fingerprint density at radius 2 is 2.18 bits per heavy atom. The van der Waals surface area contributed by atoms with Crippen LogP contribution in [0.4, 0.5) is 0 Å². The minimum absolute atomic E-state index is 0.107. The highest BCUT2D eigenvalue weighted by molar-refractivity contribution is 14.1. The van der Waals surface area contributed by atoms with Gasteiger partial charge >= 0.3 is 0 Å². The molecule has 4 nitrogen and oxygen atoms in total. The van der Waals surface area contributed by atoms with Crippen LogP contribution in [0.5, 0.6) is 0 Å². The van der Waals surface area contributed by atoms with Gasteiger partial charge in [-0.05, 0) is 42.4 Å². The third-order valence-electron chi connectivity index (χ3n) is 3.33. The zero-order chi connectivity index (χ0) is 12.4. The fraction of sp³-hybridized carbons (Fsp3) is 0.583. The molecule has 92 valence electrons. The maximum atomic E-state index is 12.0. The molecule has 1 saturated carbocycles. The third-order valence-corrected chi connectivity index (χ3v) is 4.07. The summed E-state index contributed by atoms with van der Waals surface area (Å²) in [7, 11) is 0. The molecule has 0 saturated heterocycles. The van der Waals surface area contributed by atoms with Gasteiger partial charge in [0, 0.05) is 12.1 Å². The van der Waals surface area contributed by atoms with Crippen molar-refractivity contribution in [1.82, 2.24) is 9.55 Å². The second-order valence-electron chi connectivity index (χ2n) is 4.49. The molecule has 0 amide bonds. The number of ketones is 1. The van der Waals surface area contributed by atoms with E-state index in [1.54, 1.807) is 13.1 Å². The lowest BCUT2D eigenvalue weighted by atomic mass is 10.0. The van der Waals surface area contributed by atoms with Crippen molar-refractivity contribution in [2.45, 2.75) is 39.2 Å². The van der Waals surface area contributed by atoms with E-state index in [-0.39, 0.29) is 23.8 Å². The SMILES string of the molecule is Cc1ncc(I)c(=O)n1CC(=O)C1CCCC1. The lowest BCUT2D eigenvalue weighted by Gasteiger charge is -2.11. The van der Waals surface area contributed by atoms with E-state index in [1.807, 2.05) is 22.6 Å². The van der Waals surface area contributed by atoms with E-state index in [2.05, 4.69) is 4.98 Å². The molecular formula is C12H15IN2O2. The molecule has 1 heterocycles. The summed E-state index contributed by atoms with van der Waals surface area (Å²) in [5.41, 5.74) is -0.107. The van der Waals surface area contributed by atoms with Crippen LogP contribution < -0.4 is 5.56 Å². The standard InChI is InChI=1S/C12H15IN2O2/c1-8-14-6-10(13)12(17)15(8)7-11(16)9-4-2-3-5-9/h6,9H,2-5,7H2,1H3. The summed E-state index contributed by atoms with van der Waals surface area (Å²) in [5.74, 6) is 0.942. The smallest absolute Gasteiger partial charge is 0.267 e. The summed E-state index contributed by atoms with van der Waals surface area (Å²) >= 11 is 1.95. The summed E-state index contributed by atoms with van der Waals surface area (Å²) in [4.78, 5) is 28.1. The van der Waals surface area contributed by atoms with E-state index < -0.39 is 0 Å². The summed E-state index contributed by atoms with van der Waals surface area (Å²) in [6.45, 7) is 1.94. The minimum atomic E-state index is -0.107. The maximum absolute atomic E-state index is 12.0. The van der Waals surface area contributed by atoms with Gasteiger partial charge in [-0.25, -0.2) is 4.98 Å². The van der Waals surface area contributed by atoms with Crippen molar-refractivity contribution < 1.29 is 4.79 Å². The Morgan fingerprint density at radius 3 is 2.82 bits per heavy atom. The van der Waals surface area contributed by atoms with Crippen molar-refractivity contribution in [3.8, 4) is 0 Å². The molecule has 0 N–H and O–H groups in total. The number of nitrogens with zero attached hydrogens (tertiary/aromatic N) is 2. The van der Waals surface area contributed by atoms with Crippen LogP contribution in [0, 0.1) is 16.4 Å². The van der Waals surface area contributed by atoms with Crippen molar-refractivity contribution in [2.75, 3.05) is 0 Å². The van der Waals surface area contributed by atoms with Gasteiger partial charge in [-0.15, -0.1) is 0 Å². The van der Waals surface area contributed by atoms with Gasteiger partial charge in [0.1, 0.15) is 5.82 Å². The van der Waals surface area contributed by atoms with E-state index in [1.165, 1.54) is 4.57 Å². The average molecular weight is 346 g/mol. The zero-order valence-electron chi connectivity index (χ0n) is 9.78. The van der Waals surface area contributed by atoms with Crippen LogP contribution in [0.2, 0.25) is 0 Å². The van der Waals surface area contributed by atoms with E-state index >= 15 is 0 Å². The van der Waals surface area contributed by atoms with Gasteiger partial charge in [0.15, 0.2) is 5.78 Å². The number of halogens is 1. The van der Waals surface area contributed by atoms with Crippen LogP contribution >= 0.6 is 22.6 Å². The quantitative estimate of drug-likeness (QED) is 0.786. The Bertz CT molecular complexity index is 490. The Hall–Kier alpha value is -0.720. The summed E-state index contributed by atoms with van der Waals surface area (Å²) in [5, 5.41) is 0. The zero-order valence-corrected chi connectivity index (χ0v) is 11.9.